The van der Waals surface area contributed by atoms with Crippen LogP contribution in [0.25, 0.3) is 0 Å². The molecule has 0 aromatic heterocycles. The summed E-state index contributed by atoms with van der Waals surface area (Å²) in [4.78, 5) is 40.8. The molecular formula is C62H98O27. The summed E-state index contributed by atoms with van der Waals surface area (Å²) in [6.45, 7) is 16.1. The van der Waals surface area contributed by atoms with Crippen LogP contribution in [0.3, 0.4) is 0 Å². The molecule has 0 bridgehead atoms. The highest BCUT2D eigenvalue weighted by molar-refractivity contribution is 5.87. The topological polar surface area (TPSA) is 427 Å². The number of carbonyl (C=O) groups excluding carboxylic acids is 2. The molecule has 0 spiro atoms. The Morgan fingerprint density at radius 3 is 1.92 bits per heavy atom. The van der Waals surface area contributed by atoms with Crippen molar-refractivity contribution >= 4 is 17.9 Å². The van der Waals surface area contributed by atoms with Gasteiger partial charge in [-0.05, 0) is 99.2 Å². The average Bonchev–Trinajstić information content (AvgIpc) is 0.672. The second-order valence-corrected chi connectivity index (χ2v) is 28.6. The lowest BCUT2D eigenvalue weighted by Crippen LogP contribution is -2.73. The Kier molecular flexibility index (Phi) is 20.8. The van der Waals surface area contributed by atoms with Crippen molar-refractivity contribution in [1.82, 2.24) is 0 Å². The number of aliphatic carboxylic acids is 1. The molecule has 0 amide bonds. The van der Waals surface area contributed by atoms with Crippen molar-refractivity contribution in [2.45, 2.75) is 256 Å². The fourth-order valence-electron chi connectivity index (χ4n) is 17.4. The van der Waals surface area contributed by atoms with Crippen molar-refractivity contribution in [3.63, 3.8) is 0 Å². The molecule has 4 saturated carbocycles. The van der Waals surface area contributed by atoms with Gasteiger partial charge in [-0.1, -0.05) is 73.1 Å². The van der Waals surface area contributed by atoms with Crippen LogP contribution in [-0.4, -0.2) is 257 Å². The van der Waals surface area contributed by atoms with Gasteiger partial charge >= 0.3 is 17.9 Å². The molecule has 5 aliphatic carbocycles. The Morgan fingerprint density at radius 1 is 0.674 bits per heavy atom. The van der Waals surface area contributed by atoms with E-state index >= 15 is 0 Å². The molecule has 14 N–H and O–H groups in total. The Bertz CT molecular complexity index is 2590. The third kappa shape index (κ3) is 11.8. The number of hydrogen-bond donors (Lipinski definition) is 14. The molecule has 0 aromatic carbocycles. The van der Waals surface area contributed by atoms with Crippen LogP contribution in [0.4, 0.5) is 0 Å². The molecule has 27 heteroatoms. The number of aliphatic hydroxyl groups excluding tert-OH is 13. The van der Waals surface area contributed by atoms with Crippen LogP contribution in [0.1, 0.15) is 121 Å². The molecule has 9 aliphatic rings. The Hall–Kier alpha value is -2.95. The summed E-state index contributed by atoms with van der Waals surface area (Å²) in [6.07, 6.45) is -32.0. The van der Waals surface area contributed by atoms with E-state index in [1.54, 1.807) is 26.8 Å². The maximum atomic E-state index is 14.0. The number of ether oxygens (including phenoxy) is 10. The lowest BCUT2D eigenvalue weighted by atomic mass is 9.33. The fraction of sp³-hybridized carbons (Fsp3) is 0.887. The predicted octanol–water partition coefficient (Wildman–Crippen LogP) is -1.19. The second kappa shape index (κ2) is 26.3. The number of rotatable bonds is 17. The van der Waals surface area contributed by atoms with Gasteiger partial charge in [-0.15, -0.1) is 0 Å². The van der Waals surface area contributed by atoms with Gasteiger partial charge in [0.25, 0.3) is 0 Å². The minimum absolute atomic E-state index is 0.123. The first-order valence-corrected chi connectivity index (χ1v) is 31.5. The van der Waals surface area contributed by atoms with Crippen LogP contribution in [-0.2, 0) is 61.8 Å². The second-order valence-electron chi connectivity index (χ2n) is 28.6. The Labute approximate surface area is 517 Å². The Balaban J connectivity index is 1.05. The zero-order valence-electron chi connectivity index (χ0n) is 52.4. The van der Waals surface area contributed by atoms with Gasteiger partial charge in [0.05, 0.1) is 56.6 Å². The summed E-state index contributed by atoms with van der Waals surface area (Å²) >= 11 is 0. The van der Waals surface area contributed by atoms with E-state index in [1.807, 2.05) is 27.7 Å². The first-order chi connectivity index (χ1) is 41.7. The average molecular weight is 1280 g/mol. The zero-order valence-corrected chi connectivity index (χ0v) is 52.4. The van der Waals surface area contributed by atoms with Crippen LogP contribution < -0.4 is 0 Å². The predicted molar refractivity (Wildman–Crippen MR) is 303 cm³/mol. The zero-order chi connectivity index (χ0) is 65.6. The maximum Gasteiger partial charge on any atom is 0.335 e. The smallest absolute Gasteiger partial charge is 0.335 e. The normalized spacial score (nSPS) is 50.2. The molecule has 31 atom stereocenters. The van der Waals surface area contributed by atoms with Crippen molar-refractivity contribution in [3.8, 4) is 0 Å². The molecule has 27 nitrogen and oxygen atoms in total. The molecule has 0 radical (unpaired) electrons. The lowest BCUT2D eigenvalue weighted by molar-refractivity contribution is -0.400. The van der Waals surface area contributed by atoms with E-state index in [0.29, 0.717) is 44.1 Å². The van der Waals surface area contributed by atoms with E-state index in [1.165, 1.54) is 0 Å². The van der Waals surface area contributed by atoms with Gasteiger partial charge in [0.15, 0.2) is 31.3 Å². The minimum Gasteiger partial charge on any atom is -0.479 e. The molecule has 9 rings (SSSR count). The van der Waals surface area contributed by atoms with E-state index in [2.05, 4.69) is 26.8 Å². The summed E-state index contributed by atoms with van der Waals surface area (Å²) in [7, 11) is 0. The monoisotopic (exact) mass is 1270 g/mol. The number of esters is 2. The highest BCUT2D eigenvalue weighted by Gasteiger charge is 2.74. The van der Waals surface area contributed by atoms with Crippen LogP contribution in [0.15, 0.2) is 23.3 Å². The van der Waals surface area contributed by atoms with E-state index < -0.39 is 230 Å². The SMILES string of the molecule is CC=C(C)C(=O)OC1C(OC(=O)C(C)CC)C2(CO)C(O)CC3(C)C(=CCC4C5(C)CCC(OC6OC(C(=O)O)C(O)C(OC7OCC(O)C(O)C7OC7OCC(O)C(O)C7O)C6OC6OC(CO)C(O)C(O)C6O)C(C)(CO)C5CCC43C)C2CC1(C)C. The largest absolute Gasteiger partial charge is 0.479 e. The van der Waals surface area contributed by atoms with E-state index in [0.717, 1.165) is 5.57 Å². The number of allylic oxidation sites excluding steroid dienone is 3. The summed E-state index contributed by atoms with van der Waals surface area (Å²) in [5.74, 6) is -4.44. The van der Waals surface area contributed by atoms with Crippen molar-refractivity contribution in [2.24, 2.45) is 56.2 Å². The molecule has 4 aliphatic heterocycles. The lowest BCUT2D eigenvalue weighted by Gasteiger charge is -2.72. The molecule has 31 unspecified atom stereocenters. The summed E-state index contributed by atoms with van der Waals surface area (Å²) in [5.41, 5.74) is -4.05. The molecule has 89 heavy (non-hydrogen) atoms. The third-order valence-electron chi connectivity index (χ3n) is 23.3. The molecule has 508 valence electrons. The first-order valence-electron chi connectivity index (χ1n) is 31.5. The minimum atomic E-state index is -2.26. The van der Waals surface area contributed by atoms with Crippen LogP contribution in [0, 0.1) is 56.2 Å². The summed E-state index contributed by atoms with van der Waals surface area (Å²) < 4.78 is 61.3. The van der Waals surface area contributed by atoms with Gasteiger partial charge in [0.1, 0.15) is 91.6 Å². The third-order valence-corrected chi connectivity index (χ3v) is 23.3. The van der Waals surface area contributed by atoms with Crippen LogP contribution in [0.2, 0.25) is 0 Å². The van der Waals surface area contributed by atoms with Crippen LogP contribution in [0.5, 0.6) is 0 Å². The maximum absolute atomic E-state index is 14.0. The molecular weight excluding hydrogens is 1180 g/mol. The number of carboxylic acids is 1. The van der Waals surface area contributed by atoms with Crippen molar-refractivity contribution in [1.29, 1.82) is 0 Å². The van der Waals surface area contributed by atoms with E-state index in [4.69, 9.17) is 47.4 Å². The summed E-state index contributed by atoms with van der Waals surface area (Å²) in [5, 5.41) is 156. The van der Waals surface area contributed by atoms with Crippen LogP contribution >= 0.6 is 0 Å². The van der Waals surface area contributed by atoms with Crippen molar-refractivity contribution in [2.75, 3.05) is 33.0 Å². The molecule has 8 fully saturated rings. The Morgan fingerprint density at radius 2 is 1.30 bits per heavy atom. The number of carbonyl (C=O) groups is 3. The molecule has 4 heterocycles. The number of carboxylic acid groups (broad SMARTS) is 1. The standard InChI is InChI=1S/C62H98O27/c1-11-26(3)51(78)88-48-49(89-52(79)27(4)12-2)62(25-65)29(19-57(48,5)6)28-13-14-34-58(7)17-16-36(59(8,24-64)33(58)15-18-60(34,9)61(28,10)20-35(62)68)83-56-47(87-54-42(74)40(72)39(71)32(21-63)82-54)44(43(75)45(85-56)50(76)77)84-55-46(38(70)31(67)23-81-55)86-53-41(73)37(69)30(66)22-80-53/h11,13,27,29-49,53-56,63-75H,12,14-25H2,1-10H3,(H,76,77). The van der Waals surface area contributed by atoms with Gasteiger partial charge < -0.3 is 119 Å². The van der Waals surface area contributed by atoms with E-state index in [9.17, 15) is 85.9 Å². The van der Waals surface area contributed by atoms with Crippen molar-refractivity contribution < 1.29 is 133 Å². The number of fused-ring (bicyclic) bond motifs is 7. The first kappa shape index (κ1) is 70.4. The highest BCUT2D eigenvalue weighted by atomic mass is 16.8. The van der Waals surface area contributed by atoms with Gasteiger partial charge in [-0.3, -0.25) is 4.79 Å². The number of aliphatic hydroxyl groups is 13. The quantitative estimate of drug-likeness (QED) is 0.0352. The highest BCUT2D eigenvalue weighted by Crippen LogP contribution is 2.76. The molecule has 0 aromatic rings. The van der Waals surface area contributed by atoms with Gasteiger partial charge in [-0.2, -0.15) is 0 Å². The number of hydrogen-bond acceptors (Lipinski definition) is 26. The van der Waals surface area contributed by atoms with E-state index in [-0.39, 0.29) is 24.7 Å². The van der Waals surface area contributed by atoms with Crippen molar-refractivity contribution in [3.05, 3.63) is 23.3 Å². The van der Waals surface area contributed by atoms with Gasteiger partial charge in [-0.25, -0.2) is 9.59 Å². The van der Waals surface area contributed by atoms with Gasteiger partial charge in [0, 0.05) is 16.4 Å². The molecule has 4 saturated heterocycles. The van der Waals surface area contributed by atoms with Gasteiger partial charge in [0.2, 0.25) is 0 Å². The summed E-state index contributed by atoms with van der Waals surface area (Å²) in [6, 6.07) is 0. The fourth-order valence-corrected chi connectivity index (χ4v) is 17.4.